The van der Waals surface area contributed by atoms with Crippen molar-refractivity contribution in [3.63, 3.8) is 0 Å². The lowest BCUT2D eigenvalue weighted by Crippen LogP contribution is -2.38. The molecular weight excluding hydrogens is 266 g/mol. The molecule has 110 valence electrons. The molecule has 0 bridgehead atoms. The molecule has 0 aliphatic heterocycles. The van der Waals surface area contributed by atoms with E-state index in [0.717, 1.165) is 10.8 Å². The molecule has 0 heterocycles. The highest BCUT2D eigenvalue weighted by molar-refractivity contribution is 7.80. The maximum Gasteiger partial charge on any atom is 0.170 e. The summed E-state index contributed by atoms with van der Waals surface area (Å²) in [6, 6.07) is 6.89. The van der Waals surface area contributed by atoms with Gasteiger partial charge in [-0.05, 0) is 49.7 Å². The van der Waals surface area contributed by atoms with Gasteiger partial charge in [0.1, 0.15) is 0 Å². The number of anilines is 2. The standard InChI is InChI=1S/C16H25N3S/c1-12-9-10-14(11-15(12)19(2)3)18-16(20)17-13-7-5-4-6-8-13/h9-11,13H,4-8H2,1-3H3,(H2,17,18,20). The van der Waals surface area contributed by atoms with Crippen LogP contribution in [0.5, 0.6) is 0 Å². The monoisotopic (exact) mass is 291 g/mol. The third kappa shape index (κ3) is 4.10. The summed E-state index contributed by atoms with van der Waals surface area (Å²) >= 11 is 5.42. The molecule has 0 atom stereocenters. The zero-order chi connectivity index (χ0) is 14.5. The number of thiocarbonyl (C=S) groups is 1. The average Bonchev–Trinajstić information content (AvgIpc) is 2.41. The van der Waals surface area contributed by atoms with Crippen LogP contribution in [-0.4, -0.2) is 25.2 Å². The van der Waals surface area contributed by atoms with Gasteiger partial charge in [-0.25, -0.2) is 0 Å². The van der Waals surface area contributed by atoms with Crippen molar-refractivity contribution in [2.24, 2.45) is 0 Å². The average molecular weight is 291 g/mol. The van der Waals surface area contributed by atoms with Gasteiger partial charge in [0.15, 0.2) is 5.11 Å². The van der Waals surface area contributed by atoms with Crippen molar-refractivity contribution in [2.75, 3.05) is 24.3 Å². The lowest BCUT2D eigenvalue weighted by Gasteiger charge is -2.24. The Balaban J connectivity index is 1.95. The lowest BCUT2D eigenvalue weighted by molar-refractivity contribution is 0.415. The molecule has 1 aromatic rings. The van der Waals surface area contributed by atoms with Gasteiger partial charge in [-0.3, -0.25) is 0 Å². The van der Waals surface area contributed by atoms with E-state index in [9.17, 15) is 0 Å². The molecule has 0 aromatic heterocycles. The minimum Gasteiger partial charge on any atom is -0.377 e. The van der Waals surface area contributed by atoms with Crippen molar-refractivity contribution in [1.82, 2.24) is 5.32 Å². The van der Waals surface area contributed by atoms with Gasteiger partial charge in [0, 0.05) is 31.5 Å². The van der Waals surface area contributed by atoms with Gasteiger partial charge in [0.05, 0.1) is 0 Å². The second-order valence-electron chi connectivity index (χ2n) is 5.83. The zero-order valence-corrected chi connectivity index (χ0v) is 13.5. The Hall–Kier alpha value is -1.29. The Morgan fingerprint density at radius 3 is 2.55 bits per heavy atom. The molecule has 0 unspecified atom stereocenters. The first kappa shape index (κ1) is 15.1. The molecule has 2 rings (SSSR count). The van der Waals surface area contributed by atoms with Crippen LogP contribution in [0.4, 0.5) is 11.4 Å². The van der Waals surface area contributed by atoms with E-state index in [-0.39, 0.29) is 0 Å². The number of rotatable bonds is 3. The Labute approximate surface area is 127 Å². The summed E-state index contributed by atoms with van der Waals surface area (Å²) in [4.78, 5) is 2.12. The van der Waals surface area contributed by atoms with Crippen LogP contribution in [0, 0.1) is 6.92 Å². The van der Waals surface area contributed by atoms with Gasteiger partial charge in [-0.1, -0.05) is 25.3 Å². The Kier molecular flexibility index (Phi) is 5.24. The van der Waals surface area contributed by atoms with Crippen molar-refractivity contribution < 1.29 is 0 Å². The van der Waals surface area contributed by atoms with Crippen LogP contribution in [0.3, 0.4) is 0 Å². The van der Waals surface area contributed by atoms with Crippen LogP contribution in [-0.2, 0) is 0 Å². The Bertz CT molecular complexity index is 465. The number of hydrogen-bond acceptors (Lipinski definition) is 2. The molecule has 1 fully saturated rings. The van der Waals surface area contributed by atoms with E-state index in [1.165, 1.54) is 43.4 Å². The summed E-state index contributed by atoms with van der Waals surface area (Å²) in [6.45, 7) is 2.12. The molecule has 4 heteroatoms. The molecule has 3 nitrogen and oxygen atoms in total. The molecule has 1 saturated carbocycles. The number of nitrogens with zero attached hydrogens (tertiary/aromatic N) is 1. The first-order valence-corrected chi connectivity index (χ1v) is 7.82. The fraction of sp³-hybridized carbons (Fsp3) is 0.562. The molecule has 2 N–H and O–H groups in total. The van der Waals surface area contributed by atoms with E-state index >= 15 is 0 Å². The molecule has 0 saturated heterocycles. The van der Waals surface area contributed by atoms with Gasteiger partial charge in [0.2, 0.25) is 0 Å². The summed E-state index contributed by atoms with van der Waals surface area (Å²) < 4.78 is 0. The SMILES string of the molecule is Cc1ccc(NC(=S)NC2CCCCC2)cc1N(C)C. The fourth-order valence-corrected chi connectivity index (χ4v) is 3.05. The van der Waals surface area contributed by atoms with Gasteiger partial charge in [0.25, 0.3) is 0 Å². The predicted octanol–water partition coefficient (Wildman–Crippen LogP) is 3.68. The van der Waals surface area contributed by atoms with E-state index in [1.54, 1.807) is 0 Å². The van der Waals surface area contributed by atoms with Crippen LogP contribution in [0.15, 0.2) is 18.2 Å². The Morgan fingerprint density at radius 1 is 1.20 bits per heavy atom. The highest BCUT2D eigenvalue weighted by Gasteiger charge is 2.14. The molecule has 1 aliphatic rings. The van der Waals surface area contributed by atoms with Crippen LogP contribution < -0.4 is 15.5 Å². The highest BCUT2D eigenvalue weighted by Crippen LogP contribution is 2.23. The second-order valence-corrected chi connectivity index (χ2v) is 6.24. The third-order valence-corrected chi connectivity index (χ3v) is 4.11. The second kappa shape index (κ2) is 6.93. The summed E-state index contributed by atoms with van der Waals surface area (Å²) in [5.74, 6) is 0. The van der Waals surface area contributed by atoms with Gasteiger partial charge in [-0.15, -0.1) is 0 Å². The maximum atomic E-state index is 5.42. The third-order valence-electron chi connectivity index (χ3n) is 3.89. The predicted molar refractivity (Wildman–Crippen MR) is 91.7 cm³/mol. The van der Waals surface area contributed by atoms with Crippen molar-refractivity contribution in [2.45, 2.75) is 45.1 Å². The lowest BCUT2D eigenvalue weighted by atomic mass is 9.96. The topological polar surface area (TPSA) is 27.3 Å². The molecule has 0 amide bonds. The number of aryl methyl sites for hydroxylation is 1. The van der Waals surface area contributed by atoms with E-state index < -0.39 is 0 Å². The Morgan fingerprint density at radius 2 is 1.90 bits per heavy atom. The van der Waals surface area contributed by atoms with E-state index in [2.05, 4.69) is 54.8 Å². The molecule has 1 aromatic carbocycles. The molecular formula is C16H25N3S. The van der Waals surface area contributed by atoms with Crippen LogP contribution in [0.2, 0.25) is 0 Å². The van der Waals surface area contributed by atoms with Gasteiger partial charge < -0.3 is 15.5 Å². The summed E-state index contributed by atoms with van der Waals surface area (Å²) in [5, 5.41) is 7.48. The summed E-state index contributed by atoms with van der Waals surface area (Å²) in [6.07, 6.45) is 6.46. The van der Waals surface area contributed by atoms with Crippen LogP contribution >= 0.6 is 12.2 Å². The van der Waals surface area contributed by atoms with E-state index in [4.69, 9.17) is 12.2 Å². The number of nitrogens with one attached hydrogen (secondary N) is 2. The summed E-state index contributed by atoms with van der Waals surface area (Å²) in [5.41, 5.74) is 3.54. The van der Waals surface area contributed by atoms with E-state index in [0.29, 0.717) is 6.04 Å². The molecule has 0 spiro atoms. The first-order chi connectivity index (χ1) is 9.56. The number of benzene rings is 1. The van der Waals surface area contributed by atoms with Gasteiger partial charge >= 0.3 is 0 Å². The van der Waals surface area contributed by atoms with Crippen molar-refractivity contribution in [3.8, 4) is 0 Å². The van der Waals surface area contributed by atoms with Crippen LogP contribution in [0.25, 0.3) is 0 Å². The quantitative estimate of drug-likeness (QED) is 0.831. The van der Waals surface area contributed by atoms with Crippen molar-refractivity contribution >= 4 is 28.7 Å². The minimum atomic E-state index is 0.544. The smallest absolute Gasteiger partial charge is 0.170 e. The minimum absolute atomic E-state index is 0.544. The number of hydrogen-bond donors (Lipinski definition) is 2. The first-order valence-electron chi connectivity index (χ1n) is 7.42. The zero-order valence-electron chi connectivity index (χ0n) is 12.7. The van der Waals surface area contributed by atoms with E-state index in [1.807, 2.05) is 0 Å². The van der Waals surface area contributed by atoms with Crippen molar-refractivity contribution in [3.05, 3.63) is 23.8 Å². The maximum absolute atomic E-state index is 5.42. The largest absolute Gasteiger partial charge is 0.377 e. The summed E-state index contributed by atoms with van der Waals surface area (Å²) in [7, 11) is 4.12. The van der Waals surface area contributed by atoms with Crippen LogP contribution in [0.1, 0.15) is 37.7 Å². The molecule has 0 radical (unpaired) electrons. The normalized spacial score (nSPS) is 15.8. The highest BCUT2D eigenvalue weighted by atomic mass is 32.1. The van der Waals surface area contributed by atoms with Gasteiger partial charge in [-0.2, -0.15) is 0 Å². The fourth-order valence-electron chi connectivity index (χ4n) is 2.77. The molecule has 1 aliphatic carbocycles. The molecule has 20 heavy (non-hydrogen) atoms. The van der Waals surface area contributed by atoms with Crippen molar-refractivity contribution in [1.29, 1.82) is 0 Å².